The maximum absolute atomic E-state index is 12.0. The highest BCUT2D eigenvalue weighted by atomic mass is 16.4. The smallest absolute Gasteiger partial charge is 0.408 e. The molecule has 0 aliphatic heterocycles. The van der Waals surface area contributed by atoms with Crippen molar-refractivity contribution in [2.75, 3.05) is 13.1 Å². The number of aromatic nitrogens is 1. The summed E-state index contributed by atoms with van der Waals surface area (Å²) in [7, 11) is 0. The lowest BCUT2D eigenvalue weighted by Gasteiger charge is -2.20. The maximum atomic E-state index is 12.0. The number of fused-ring (bicyclic) bond motifs is 1. The fraction of sp³-hybridized carbons (Fsp3) is 0.250. The first-order valence-corrected chi connectivity index (χ1v) is 7.97. The molecule has 0 unspecified atom stereocenters. The third-order valence-corrected chi connectivity index (χ3v) is 4.06. The molecule has 0 saturated heterocycles. The average Bonchev–Trinajstić information content (AvgIpc) is 2.90. The lowest BCUT2D eigenvalue weighted by molar-refractivity contribution is 0.283. The molecule has 4 heteroatoms. The molecule has 24 heavy (non-hydrogen) atoms. The quantitative estimate of drug-likeness (QED) is 0.655. The molecule has 0 saturated carbocycles. The number of aryl methyl sites for hydroxylation is 1. The van der Waals surface area contributed by atoms with Crippen LogP contribution >= 0.6 is 0 Å². The van der Waals surface area contributed by atoms with Crippen molar-refractivity contribution in [3.63, 3.8) is 0 Å². The molecule has 0 aliphatic rings. The van der Waals surface area contributed by atoms with Gasteiger partial charge in [-0.15, -0.1) is 6.42 Å². The molecule has 3 rings (SSSR count). The minimum atomic E-state index is -0.327. The summed E-state index contributed by atoms with van der Waals surface area (Å²) in [5.74, 6) is 2.37. The molecule has 0 bridgehead atoms. The van der Waals surface area contributed by atoms with Gasteiger partial charge in [0, 0.05) is 19.6 Å². The van der Waals surface area contributed by atoms with Crippen molar-refractivity contribution in [3.05, 3.63) is 70.2 Å². The maximum Gasteiger partial charge on any atom is 0.419 e. The second-order valence-corrected chi connectivity index (χ2v) is 5.89. The number of oxazole rings is 1. The van der Waals surface area contributed by atoms with Crippen molar-refractivity contribution in [2.45, 2.75) is 20.0 Å². The molecule has 1 aromatic heterocycles. The van der Waals surface area contributed by atoms with Gasteiger partial charge < -0.3 is 4.42 Å². The third-order valence-electron chi connectivity index (χ3n) is 4.06. The highest BCUT2D eigenvalue weighted by Gasteiger charge is 2.11. The summed E-state index contributed by atoms with van der Waals surface area (Å²) in [4.78, 5) is 14.2. The van der Waals surface area contributed by atoms with E-state index in [9.17, 15) is 4.79 Å². The minimum absolute atomic E-state index is 0.327. The van der Waals surface area contributed by atoms with Crippen LogP contribution in [-0.4, -0.2) is 22.6 Å². The summed E-state index contributed by atoms with van der Waals surface area (Å²) in [5, 5.41) is 0. The van der Waals surface area contributed by atoms with E-state index >= 15 is 0 Å². The molecule has 0 N–H and O–H groups in total. The number of terminal acetylenes is 1. The summed E-state index contributed by atoms with van der Waals surface area (Å²) in [6, 6.07) is 15.9. The highest BCUT2D eigenvalue weighted by Crippen LogP contribution is 2.12. The Morgan fingerprint density at radius 3 is 2.67 bits per heavy atom. The van der Waals surface area contributed by atoms with Crippen LogP contribution in [-0.2, 0) is 13.1 Å². The van der Waals surface area contributed by atoms with Crippen LogP contribution in [0.1, 0.15) is 11.1 Å². The Kier molecular flexibility index (Phi) is 4.83. The molecule has 0 spiro atoms. The van der Waals surface area contributed by atoms with E-state index in [-0.39, 0.29) is 5.76 Å². The Balaban J connectivity index is 1.74. The van der Waals surface area contributed by atoms with E-state index in [0.717, 1.165) is 12.1 Å². The summed E-state index contributed by atoms with van der Waals surface area (Å²) in [6.07, 6.45) is 5.50. The molecule has 122 valence electrons. The van der Waals surface area contributed by atoms with Crippen LogP contribution in [0.5, 0.6) is 0 Å². The topological polar surface area (TPSA) is 38.4 Å². The summed E-state index contributed by atoms with van der Waals surface area (Å²) in [6.45, 7) is 4.59. The molecular weight excluding hydrogens is 300 g/mol. The number of para-hydroxylation sites is 2. The fourth-order valence-corrected chi connectivity index (χ4v) is 2.76. The Morgan fingerprint density at radius 2 is 1.92 bits per heavy atom. The van der Waals surface area contributed by atoms with Gasteiger partial charge in [-0.25, -0.2) is 4.79 Å². The van der Waals surface area contributed by atoms with Crippen molar-refractivity contribution < 1.29 is 4.42 Å². The van der Waals surface area contributed by atoms with Gasteiger partial charge in [-0.05, 0) is 24.6 Å². The normalized spacial score (nSPS) is 11.0. The Hall–Kier alpha value is -2.77. The second kappa shape index (κ2) is 7.20. The van der Waals surface area contributed by atoms with E-state index in [2.05, 4.69) is 42.0 Å². The number of hydrogen-bond donors (Lipinski definition) is 0. The number of rotatable bonds is 6. The van der Waals surface area contributed by atoms with E-state index < -0.39 is 0 Å². The number of nitrogens with zero attached hydrogens (tertiary/aromatic N) is 2. The molecule has 2 aromatic carbocycles. The molecule has 3 aromatic rings. The van der Waals surface area contributed by atoms with Crippen molar-refractivity contribution in [1.29, 1.82) is 0 Å². The molecule has 4 nitrogen and oxygen atoms in total. The summed E-state index contributed by atoms with van der Waals surface area (Å²) < 4.78 is 6.93. The summed E-state index contributed by atoms with van der Waals surface area (Å²) >= 11 is 0. The standard InChI is InChI=1S/C20H20N2O2/c1-3-12-21(15-17-10-8-16(2)9-11-17)13-14-22-18-6-4-5-7-19(18)24-20(22)23/h1,4-11H,12-15H2,2H3. The summed E-state index contributed by atoms with van der Waals surface area (Å²) in [5.41, 5.74) is 3.88. The first-order valence-electron chi connectivity index (χ1n) is 7.97. The SMILES string of the molecule is C#CCN(CCn1c(=O)oc2ccccc21)Cc1ccc(C)cc1. The molecular formula is C20H20N2O2. The highest BCUT2D eigenvalue weighted by molar-refractivity contribution is 5.72. The van der Waals surface area contributed by atoms with Gasteiger partial charge in [0.1, 0.15) is 0 Å². The van der Waals surface area contributed by atoms with Crippen LogP contribution < -0.4 is 5.76 Å². The minimum Gasteiger partial charge on any atom is -0.408 e. The Morgan fingerprint density at radius 1 is 1.17 bits per heavy atom. The van der Waals surface area contributed by atoms with E-state index in [1.165, 1.54) is 11.1 Å². The number of hydrogen-bond acceptors (Lipinski definition) is 3. The van der Waals surface area contributed by atoms with Crippen LogP contribution in [0.2, 0.25) is 0 Å². The van der Waals surface area contributed by atoms with Crippen molar-refractivity contribution in [1.82, 2.24) is 9.47 Å². The molecule has 0 fully saturated rings. The van der Waals surface area contributed by atoms with Crippen LogP contribution in [0.4, 0.5) is 0 Å². The average molecular weight is 320 g/mol. The van der Waals surface area contributed by atoms with Crippen LogP contribution in [0, 0.1) is 19.3 Å². The third kappa shape index (κ3) is 3.58. The van der Waals surface area contributed by atoms with Gasteiger partial charge in [0.05, 0.1) is 12.1 Å². The van der Waals surface area contributed by atoms with Crippen molar-refractivity contribution >= 4 is 11.1 Å². The number of benzene rings is 2. The van der Waals surface area contributed by atoms with Crippen molar-refractivity contribution in [2.24, 2.45) is 0 Å². The molecule has 0 atom stereocenters. The lowest BCUT2D eigenvalue weighted by atomic mass is 10.1. The largest absolute Gasteiger partial charge is 0.419 e. The van der Waals surface area contributed by atoms with Crippen LogP contribution in [0.25, 0.3) is 11.1 Å². The second-order valence-electron chi connectivity index (χ2n) is 5.89. The zero-order chi connectivity index (χ0) is 16.9. The zero-order valence-electron chi connectivity index (χ0n) is 13.7. The van der Waals surface area contributed by atoms with Gasteiger partial charge >= 0.3 is 5.76 Å². The fourth-order valence-electron chi connectivity index (χ4n) is 2.76. The van der Waals surface area contributed by atoms with Crippen molar-refractivity contribution in [3.8, 4) is 12.3 Å². The Labute approximate surface area is 141 Å². The van der Waals surface area contributed by atoms with Gasteiger partial charge in [-0.2, -0.15) is 0 Å². The molecule has 0 radical (unpaired) electrons. The predicted molar refractivity (Wildman–Crippen MR) is 95.8 cm³/mol. The van der Waals surface area contributed by atoms with Crippen LogP contribution in [0.15, 0.2) is 57.7 Å². The van der Waals surface area contributed by atoms with Crippen LogP contribution in [0.3, 0.4) is 0 Å². The monoisotopic (exact) mass is 320 g/mol. The zero-order valence-corrected chi connectivity index (χ0v) is 13.7. The molecule has 0 amide bonds. The van der Waals surface area contributed by atoms with Gasteiger partial charge in [0.2, 0.25) is 0 Å². The van der Waals surface area contributed by atoms with E-state index in [0.29, 0.717) is 25.2 Å². The first-order chi connectivity index (χ1) is 11.7. The van der Waals surface area contributed by atoms with Gasteiger partial charge in [0.25, 0.3) is 0 Å². The Bertz CT molecular complexity index is 913. The predicted octanol–water partition coefficient (Wildman–Crippen LogP) is 3.04. The van der Waals surface area contributed by atoms with Gasteiger partial charge in [-0.1, -0.05) is 47.9 Å². The first kappa shape index (κ1) is 16.1. The molecule has 0 aliphatic carbocycles. The lowest BCUT2D eigenvalue weighted by Crippen LogP contribution is -2.30. The van der Waals surface area contributed by atoms with Gasteiger partial charge in [-0.3, -0.25) is 9.47 Å². The molecule has 1 heterocycles. The van der Waals surface area contributed by atoms with E-state index in [1.807, 2.05) is 18.2 Å². The van der Waals surface area contributed by atoms with E-state index in [4.69, 9.17) is 10.8 Å². The van der Waals surface area contributed by atoms with Gasteiger partial charge in [0.15, 0.2) is 5.58 Å². The van der Waals surface area contributed by atoms with E-state index in [1.54, 1.807) is 10.6 Å².